The highest BCUT2D eigenvalue weighted by Crippen LogP contribution is 2.24. The average molecular weight is 226 g/mol. The summed E-state index contributed by atoms with van der Waals surface area (Å²) in [6, 6.07) is 7.29. The van der Waals surface area contributed by atoms with E-state index in [9.17, 15) is 4.79 Å². The molecular weight excluding hydrogens is 210 g/mol. The fourth-order valence-corrected chi connectivity index (χ4v) is 1.71. The fraction of sp³-hybridized carbons (Fsp3) is 0.417. The van der Waals surface area contributed by atoms with Crippen LogP contribution in [0, 0.1) is 5.92 Å². The summed E-state index contributed by atoms with van der Waals surface area (Å²) in [6.07, 6.45) is 0.775. The maximum absolute atomic E-state index is 11.3. The normalized spacial score (nSPS) is 12.8. The van der Waals surface area contributed by atoms with Crippen molar-refractivity contribution in [3.63, 3.8) is 0 Å². The fourth-order valence-electron chi connectivity index (χ4n) is 1.58. The van der Waals surface area contributed by atoms with Gasteiger partial charge >= 0.3 is 0 Å². The van der Waals surface area contributed by atoms with Crippen LogP contribution >= 0.6 is 11.6 Å². The Bertz CT molecular complexity index is 332. The summed E-state index contributed by atoms with van der Waals surface area (Å²) in [5, 5.41) is 0.673. The molecule has 0 saturated heterocycles. The molecule has 1 atom stereocenters. The molecule has 0 aliphatic carbocycles. The predicted molar refractivity (Wildman–Crippen MR) is 62.8 cm³/mol. The summed E-state index contributed by atoms with van der Waals surface area (Å²) in [6.45, 7) is 4.15. The number of hydrogen-bond acceptors (Lipinski definition) is 1. The van der Waals surface area contributed by atoms with E-state index in [2.05, 4.69) is 13.8 Å². The summed E-state index contributed by atoms with van der Waals surface area (Å²) < 4.78 is 0. The van der Waals surface area contributed by atoms with Crippen LogP contribution < -0.4 is 5.73 Å². The van der Waals surface area contributed by atoms with Crippen molar-refractivity contribution in [2.45, 2.75) is 26.2 Å². The lowest BCUT2D eigenvalue weighted by atomic mass is 9.90. The molecule has 3 heteroatoms. The Hall–Kier alpha value is -1.02. The summed E-state index contributed by atoms with van der Waals surface area (Å²) in [4.78, 5) is 11.3. The number of amides is 1. The van der Waals surface area contributed by atoms with Gasteiger partial charge in [0.15, 0.2) is 0 Å². The van der Waals surface area contributed by atoms with Crippen LogP contribution in [0.3, 0.4) is 0 Å². The van der Waals surface area contributed by atoms with Gasteiger partial charge in [0.05, 0.1) is 5.92 Å². The van der Waals surface area contributed by atoms with Gasteiger partial charge in [-0.2, -0.15) is 0 Å². The number of carbonyl (C=O) groups excluding carboxylic acids is 1. The third kappa shape index (κ3) is 3.56. The number of benzene rings is 1. The van der Waals surface area contributed by atoms with Crippen LogP contribution in [0.25, 0.3) is 0 Å². The van der Waals surface area contributed by atoms with Gasteiger partial charge in [-0.05, 0) is 30.0 Å². The minimum Gasteiger partial charge on any atom is -0.369 e. The minimum absolute atomic E-state index is 0.206. The summed E-state index contributed by atoms with van der Waals surface area (Å²) in [7, 11) is 0. The molecule has 15 heavy (non-hydrogen) atoms. The highest BCUT2D eigenvalue weighted by atomic mass is 35.5. The third-order valence-electron chi connectivity index (χ3n) is 2.32. The van der Waals surface area contributed by atoms with E-state index in [1.54, 1.807) is 12.1 Å². The van der Waals surface area contributed by atoms with Crippen LogP contribution in [0.1, 0.15) is 31.7 Å². The maximum Gasteiger partial charge on any atom is 0.224 e. The van der Waals surface area contributed by atoms with Crippen LogP contribution in [0.4, 0.5) is 0 Å². The van der Waals surface area contributed by atoms with Crippen LogP contribution in [0.5, 0.6) is 0 Å². The topological polar surface area (TPSA) is 43.1 Å². The van der Waals surface area contributed by atoms with Gasteiger partial charge in [0.25, 0.3) is 0 Å². The molecule has 1 aromatic carbocycles. The molecule has 0 radical (unpaired) electrons. The molecule has 2 N–H and O–H groups in total. The van der Waals surface area contributed by atoms with Gasteiger partial charge in [0.1, 0.15) is 0 Å². The molecule has 1 unspecified atom stereocenters. The molecule has 0 spiro atoms. The van der Waals surface area contributed by atoms with Crippen LogP contribution in [0.2, 0.25) is 5.02 Å². The molecule has 0 heterocycles. The Morgan fingerprint density at radius 3 is 2.27 bits per heavy atom. The van der Waals surface area contributed by atoms with Crippen molar-refractivity contribution in [3.8, 4) is 0 Å². The molecule has 0 aromatic heterocycles. The Kier molecular flexibility index (Phi) is 4.15. The lowest BCUT2D eigenvalue weighted by molar-refractivity contribution is -0.119. The van der Waals surface area contributed by atoms with Crippen LogP contribution in [0.15, 0.2) is 24.3 Å². The zero-order valence-corrected chi connectivity index (χ0v) is 9.79. The van der Waals surface area contributed by atoms with Crippen molar-refractivity contribution in [2.24, 2.45) is 11.7 Å². The molecule has 0 saturated carbocycles. The van der Waals surface area contributed by atoms with E-state index in [-0.39, 0.29) is 11.8 Å². The second-order valence-corrected chi connectivity index (χ2v) is 4.57. The van der Waals surface area contributed by atoms with Crippen LogP contribution in [-0.4, -0.2) is 5.91 Å². The van der Waals surface area contributed by atoms with E-state index in [0.29, 0.717) is 10.9 Å². The Balaban J connectivity index is 2.89. The van der Waals surface area contributed by atoms with Gasteiger partial charge < -0.3 is 5.73 Å². The standard InChI is InChI=1S/C12H16ClNO/c1-8(2)7-11(12(14)15)9-3-5-10(13)6-4-9/h3-6,8,11H,7H2,1-2H3,(H2,14,15). The largest absolute Gasteiger partial charge is 0.369 e. The Morgan fingerprint density at radius 2 is 1.87 bits per heavy atom. The third-order valence-corrected chi connectivity index (χ3v) is 2.57. The van der Waals surface area contributed by atoms with Crippen molar-refractivity contribution in [1.82, 2.24) is 0 Å². The first-order chi connectivity index (χ1) is 7.00. The van der Waals surface area contributed by atoms with Crippen molar-refractivity contribution in [1.29, 1.82) is 0 Å². The first kappa shape index (κ1) is 12.1. The first-order valence-electron chi connectivity index (χ1n) is 5.05. The van der Waals surface area contributed by atoms with Gasteiger partial charge in [-0.1, -0.05) is 37.6 Å². The molecule has 0 aliphatic heterocycles. The lowest BCUT2D eigenvalue weighted by Crippen LogP contribution is -2.22. The molecule has 1 amide bonds. The van der Waals surface area contributed by atoms with Gasteiger partial charge in [-0.25, -0.2) is 0 Å². The van der Waals surface area contributed by atoms with E-state index in [4.69, 9.17) is 17.3 Å². The number of primary amides is 1. The van der Waals surface area contributed by atoms with E-state index in [1.165, 1.54) is 0 Å². The summed E-state index contributed by atoms with van der Waals surface area (Å²) in [5.74, 6) is -0.0357. The van der Waals surface area contributed by atoms with Gasteiger partial charge in [-0.15, -0.1) is 0 Å². The smallest absolute Gasteiger partial charge is 0.224 e. The van der Waals surface area contributed by atoms with Crippen LogP contribution in [-0.2, 0) is 4.79 Å². The van der Waals surface area contributed by atoms with E-state index in [0.717, 1.165) is 12.0 Å². The number of carbonyl (C=O) groups is 1. The summed E-state index contributed by atoms with van der Waals surface area (Å²) in [5.41, 5.74) is 6.33. The molecule has 0 aliphatic rings. The second-order valence-electron chi connectivity index (χ2n) is 4.14. The van der Waals surface area contributed by atoms with E-state index < -0.39 is 0 Å². The highest BCUT2D eigenvalue weighted by Gasteiger charge is 2.18. The van der Waals surface area contributed by atoms with Gasteiger partial charge in [-0.3, -0.25) is 4.79 Å². The van der Waals surface area contributed by atoms with Gasteiger partial charge in [0, 0.05) is 5.02 Å². The molecule has 0 fully saturated rings. The first-order valence-corrected chi connectivity index (χ1v) is 5.43. The van der Waals surface area contributed by atoms with E-state index >= 15 is 0 Å². The number of rotatable bonds is 4. The quantitative estimate of drug-likeness (QED) is 0.841. The van der Waals surface area contributed by atoms with Crippen molar-refractivity contribution in [3.05, 3.63) is 34.9 Å². The van der Waals surface area contributed by atoms with Crippen molar-refractivity contribution < 1.29 is 4.79 Å². The Labute approximate surface area is 95.4 Å². The molecule has 82 valence electrons. The molecule has 0 bridgehead atoms. The maximum atomic E-state index is 11.3. The molecule has 1 rings (SSSR count). The lowest BCUT2D eigenvalue weighted by Gasteiger charge is -2.15. The zero-order valence-electron chi connectivity index (χ0n) is 9.03. The number of halogens is 1. The van der Waals surface area contributed by atoms with Crippen molar-refractivity contribution >= 4 is 17.5 Å². The SMILES string of the molecule is CC(C)CC(C(N)=O)c1ccc(Cl)cc1. The average Bonchev–Trinajstić information content (AvgIpc) is 2.15. The monoisotopic (exact) mass is 225 g/mol. The zero-order chi connectivity index (χ0) is 11.4. The van der Waals surface area contributed by atoms with Crippen molar-refractivity contribution in [2.75, 3.05) is 0 Å². The number of hydrogen-bond donors (Lipinski definition) is 1. The number of nitrogens with two attached hydrogens (primary N) is 1. The second kappa shape index (κ2) is 5.17. The molecule has 2 nitrogen and oxygen atoms in total. The Morgan fingerprint density at radius 1 is 1.33 bits per heavy atom. The predicted octanol–water partition coefficient (Wildman–Crippen LogP) is 2.96. The minimum atomic E-state index is -0.272. The summed E-state index contributed by atoms with van der Waals surface area (Å²) >= 11 is 5.79. The molecular formula is C12H16ClNO. The van der Waals surface area contributed by atoms with Gasteiger partial charge in [0.2, 0.25) is 5.91 Å². The van der Waals surface area contributed by atoms with E-state index in [1.807, 2.05) is 12.1 Å². The molecule has 1 aromatic rings. The highest BCUT2D eigenvalue weighted by molar-refractivity contribution is 6.30.